The molecule has 2 rings (SSSR count). The number of methoxy groups -OCH3 is 1. The molecule has 16 heavy (non-hydrogen) atoms. The van der Waals surface area contributed by atoms with Gasteiger partial charge in [0.05, 0.1) is 7.11 Å². The molecule has 0 spiro atoms. The van der Waals surface area contributed by atoms with Gasteiger partial charge in [0.2, 0.25) is 0 Å². The van der Waals surface area contributed by atoms with Gasteiger partial charge >= 0.3 is 0 Å². The zero-order chi connectivity index (χ0) is 11.5. The van der Waals surface area contributed by atoms with Crippen molar-refractivity contribution in [3.05, 3.63) is 29.8 Å². The predicted molar refractivity (Wildman–Crippen MR) is 67.0 cm³/mol. The standard InChI is InChI=1S/C14H21NO/c1-10-8-14(11(2)15-9-10)12-4-6-13(16-3)7-5-12/h4-7,10-11,14-15H,8-9H2,1-3H3. The van der Waals surface area contributed by atoms with Crippen LogP contribution in [-0.2, 0) is 0 Å². The first-order valence-corrected chi connectivity index (χ1v) is 6.08. The van der Waals surface area contributed by atoms with Crippen molar-refractivity contribution in [2.75, 3.05) is 13.7 Å². The summed E-state index contributed by atoms with van der Waals surface area (Å²) >= 11 is 0. The third-order valence-electron chi connectivity index (χ3n) is 3.59. The van der Waals surface area contributed by atoms with Gasteiger partial charge in [0.25, 0.3) is 0 Å². The average Bonchev–Trinajstić information content (AvgIpc) is 2.32. The lowest BCUT2D eigenvalue weighted by atomic mass is 9.81. The van der Waals surface area contributed by atoms with Crippen LogP contribution in [0.25, 0.3) is 0 Å². The van der Waals surface area contributed by atoms with Gasteiger partial charge in [-0.1, -0.05) is 19.1 Å². The highest BCUT2D eigenvalue weighted by Gasteiger charge is 2.26. The summed E-state index contributed by atoms with van der Waals surface area (Å²) in [6, 6.07) is 9.08. The van der Waals surface area contributed by atoms with E-state index in [2.05, 4.69) is 43.4 Å². The number of hydrogen-bond donors (Lipinski definition) is 1. The minimum atomic E-state index is 0.574. The molecule has 0 radical (unpaired) electrons. The third kappa shape index (κ3) is 2.38. The van der Waals surface area contributed by atoms with Gasteiger partial charge in [-0.05, 0) is 49.4 Å². The Morgan fingerprint density at radius 3 is 2.50 bits per heavy atom. The number of nitrogens with one attached hydrogen (secondary N) is 1. The number of benzene rings is 1. The second-order valence-corrected chi connectivity index (χ2v) is 4.92. The van der Waals surface area contributed by atoms with Crippen LogP contribution in [0.4, 0.5) is 0 Å². The fourth-order valence-electron chi connectivity index (χ4n) is 2.53. The van der Waals surface area contributed by atoms with Gasteiger partial charge in [-0.25, -0.2) is 0 Å². The molecule has 0 saturated carbocycles. The number of ether oxygens (including phenoxy) is 1. The molecule has 0 amide bonds. The molecule has 1 heterocycles. The summed E-state index contributed by atoms with van der Waals surface area (Å²) in [7, 11) is 1.71. The Hall–Kier alpha value is -1.02. The maximum Gasteiger partial charge on any atom is 0.118 e. The van der Waals surface area contributed by atoms with E-state index in [1.165, 1.54) is 12.0 Å². The van der Waals surface area contributed by atoms with Crippen molar-refractivity contribution >= 4 is 0 Å². The van der Waals surface area contributed by atoms with Crippen molar-refractivity contribution in [3.63, 3.8) is 0 Å². The predicted octanol–water partition coefficient (Wildman–Crippen LogP) is 2.80. The van der Waals surface area contributed by atoms with Gasteiger partial charge in [-0.15, -0.1) is 0 Å². The number of piperidine rings is 1. The maximum atomic E-state index is 5.19. The van der Waals surface area contributed by atoms with Crippen molar-refractivity contribution in [2.45, 2.75) is 32.2 Å². The summed E-state index contributed by atoms with van der Waals surface area (Å²) in [5.74, 6) is 2.34. The van der Waals surface area contributed by atoms with Gasteiger partial charge < -0.3 is 10.1 Å². The molecule has 1 aliphatic heterocycles. The van der Waals surface area contributed by atoms with Crippen LogP contribution in [0.1, 0.15) is 31.7 Å². The molecular weight excluding hydrogens is 198 g/mol. The number of hydrogen-bond acceptors (Lipinski definition) is 2. The van der Waals surface area contributed by atoms with Crippen molar-refractivity contribution in [1.29, 1.82) is 0 Å². The van der Waals surface area contributed by atoms with Crippen LogP contribution in [0.2, 0.25) is 0 Å². The van der Waals surface area contributed by atoms with Gasteiger partial charge in [0.15, 0.2) is 0 Å². The zero-order valence-corrected chi connectivity index (χ0v) is 10.4. The van der Waals surface area contributed by atoms with E-state index in [-0.39, 0.29) is 0 Å². The quantitative estimate of drug-likeness (QED) is 0.826. The Labute approximate surface area is 98.0 Å². The fraction of sp³-hybridized carbons (Fsp3) is 0.571. The highest BCUT2D eigenvalue weighted by molar-refractivity contribution is 5.30. The fourth-order valence-corrected chi connectivity index (χ4v) is 2.53. The monoisotopic (exact) mass is 219 g/mol. The molecular formula is C14H21NO. The molecule has 0 aliphatic carbocycles. The maximum absolute atomic E-state index is 5.19. The Kier molecular flexibility index (Phi) is 3.49. The van der Waals surface area contributed by atoms with E-state index in [1.54, 1.807) is 7.11 Å². The molecule has 3 unspecified atom stereocenters. The first-order chi connectivity index (χ1) is 7.70. The van der Waals surface area contributed by atoms with Crippen LogP contribution in [0, 0.1) is 5.92 Å². The van der Waals surface area contributed by atoms with Crippen molar-refractivity contribution in [1.82, 2.24) is 5.32 Å². The van der Waals surface area contributed by atoms with E-state index < -0.39 is 0 Å². The molecule has 3 atom stereocenters. The van der Waals surface area contributed by atoms with E-state index >= 15 is 0 Å². The second kappa shape index (κ2) is 4.88. The van der Waals surface area contributed by atoms with Crippen molar-refractivity contribution in [2.24, 2.45) is 5.92 Å². The van der Waals surface area contributed by atoms with Crippen LogP contribution in [0.3, 0.4) is 0 Å². The Balaban J connectivity index is 2.15. The minimum absolute atomic E-state index is 0.574. The van der Waals surface area contributed by atoms with Gasteiger partial charge in [0.1, 0.15) is 5.75 Å². The second-order valence-electron chi connectivity index (χ2n) is 4.92. The van der Waals surface area contributed by atoms with Crippen LogP contribution in [-0.4, -0.2) is 19.7 Å². The SMILES string of the molecule is COc1ccc(C2CC(C)CNC2C)cc1. The Bertz CT molecular complexity index is 333. The molecule has 1 aromatic carbocycles. The smallest absolute Gasteiger partial charge is 0.118 e. The first kappa shape index (κ1) is 11.5. The van der Waals surface area contributed by atoms with Crippen LogP contribution in [0.5, 0.6) is 5.75 Å². The molecule has 1 fully saturated rings. The molecule has 1 N–H and O–H groups in total. The summed E-state index contributed by atoms with van der Waals surface area (Å²) in [5, 5.41) is 3.58. The number of rotatable bonds is 2. The highest BCUT2D eigenvalue weighted by Crippen LogP contribution is 2.31. The normalized spacial score (nSPS) is 30.1. The summed E-state index contributed by atoms with van der Waals surface area (Å²) in [6.07, 6.45) is 1.28. The van der Waals surface area contributed by atoms with Gasteiger partial charge in [0, 0.05) is 6.04 Å². The van der Waals surface area contributed by atoms with E-state index in [0.717, 1.165) is 18.2 Å². The van der Waals surface area contributed by atoms with Gasteiger partial charge in [-0.2, -0.15) is 0 Å². The third-order valence-corrected chi connectivity index (χ3v) is 3.59. The van der Waals surface area contributed by atoms with Crippen molar-refractivity contribution in [3.8, 4) is 5.75 Å². The van der Waals surface area contributed by atoms with E-state index in [0.29, 0.717) is 12.0 Å². The molecule has 1 aromatic rings. The average molecular weight is 219 g/mol. The van der Waals surface area contributed by atoms with E-state index in [1.807, 2.05) is 0 Å². The summed E-state index contributed by atoms with van der Waals surface area (Å²) in [4.78, 5) is 0. The molecule has 2 nitrogen and oxygen atoms in total. The summed E-state index contributed by atoms with van der Waals surface area (Å²) < 4.78 is 5.19. The Morgan fingerprint density at radius 1 is 1.19 bits per heavy atom. The lowest BCUT2D eigenvalue weighted by Gasteiger charge is -2.34. The summed E-state index contributed by atoms with van der Waals surface area (Å²) in [6.45, 7) is 5.74. The molecule has 1 aliphatic rings. The molecule has 0 aromatic heterocycles. The van der Waals surface area contributed by atoms with Crippen LogP contribution in [0.15, 0.2) is 24.3 Å². The lowest BCUT2D eigenvalue weighted by molar-refractivity contribution is 0.300. The minimum Gasteiger partial charge on any atom is -0.497 e. The first-order valence-electron chi connectivity index (χ1n) is 6.08. The van der Waals surface area contributed by atoms with Crippen LogP contribution < -0.4 is 10.1 Å². The van der Waals surface area contributed by atoms with E-state index in [9.17, 15) is 0 Å². The topological polar surface area (TPSA) is 21.3 Å². The highest BCUT2D eigenvalue weighted by atomic mass is 16.5. The van der Waals surface area contributed by atoms with Crippen molar-refractivity contribution < 1.29 is 4.74 Å². The van der Waals surface area contributed by atoms with E-state index in [4.69, 9.17) is 4.74 Å². The van der Waals surface area contributed by atoms with Crippen LogP contribution >= 0.6 is 0 Å². The van der Waals surface area contributed by atoms with Gasteiger partial charge in [-0.3, -0.25) is 0 Å². The Morgan fingerprint density at radius 2 is 1.88 bits per heavy atom. The lowest BCUT2D eigenvalue weighted by Crippen LogP contribution is -2.41. The molecule has 88 valence electrons. The molecule has 2 heteroatoms. The molecule has 0 bridgehead atoms. The molecule has 1 saturated heterocycles. The zero-order valence-electron chi connectivity index (χ0n) is 10.4. The largest absolute Gasteiger partial charge is 0.497 e. The summed E-state index contributed by atoms with van der Waals surface area (Å²) in [5.41, 5.74) is 1.42.